The van der Waals surface area contributed by atoms with E-state index < -0.39 is 23.9 Å². The lowest BCUT2D eigenvalue weighted by Crippen LogP contribution is -2.45. The van der Waals surface area contributed by atoms with Gasteiger partial charge in [0.2, 0.25) is 5.91 Å². The summed E-state index contributed by atoms with van der Waals surface area (Å²) in [7, 11) is 0. The molecule has 1 rings (SSSR count). The Morgan fingerprint density at radius 2 is 2.05 bits per heavy atom. The molecule has 1 N–H and O–H groups in total. The molecule has 0 aromatic heterocycles. The first-order chi connectivity index (χ1) is 9.88. The SMILES string of the molecule is CCCCCC(CC(=O)O)C(=O)N1C(=O)OC[C@@H]1C(C)C. The fraction of sp³-hybridized carbons (Fsp3) is 0.800. The second-order valence-corrected chi connectivity index (χ2v) is 5.89. The van der Waals surface area contributed by atoms with Crippen LogP contribution in [-0.4, -0.2) is 40.6 Å². The Morgan fingerprint density at radius 1 is 1.38 bits per heavy atom. The Bertz CT molecular complexity index is 394. The molecule has 1 saturated heterocycles. The van der Waals surface area contributed by atoms with Crippen molar-refractivity contribution in [2.45, 2.75) is 58.9 Å². The summed E-state index contributed by atoms with van der Waals surface area (Å²) < 4.78 is 4.96. The first kappa shape index (κ1) is 17.5. The largest absolute Gasteiger partial charge is 0.481 e. The fourth-order valence-electron chi connectivity index (χ4n) is 2.54. The van der Waals surface area contributed by atoms with E-state index in [1.165, 1.54) is 0 Å². The van der Waals surface area contributed by atoms with Gasteiger partial charge in [0.25, 0.3) is 0 Å². The number of carboxylic acids is 1. The van der Waals surface area contributed by atoms with Gasteiger partial charge in [0.15, 0.2) is 0 Å². The van der Waals surface area contributed by atoms with Crippen molar-refractivity contribution in [1.29, 1.82) is 0 Å². The lowest BCUT2D eigenvalue weighted by Gasteiger charge is -2.26. The topological polar surface area (TPSA) is 83.9 Å². The van der Waals surface area contributed by atoms with Gasteiger partial charge in [-0.3, -0.25) is 9.59 Å². The van der Waals surface area contributed by atoms with Crippen molar-refractivity contribution in [1.82, 2.24) is 4.90 Å². The minimum absolute atomic E-state index is 0.0847. The smallest absolute Gasteiger partial charge is 0.416 e. The quantitative estimate of drug-likeness (QED) is 0.697. The number of cyclic esters (lactones) is 1. The number of imide groups is 1. The van der Waals surface area contributed by atoms with Crippen LogP contribution < -0.4 is 0 Å². The highest BCUT2D eigenvalue weighted by Crippen LogP contribution is 2.25. The minimum Gasteiger partial charge on any atom is -0.481 e. The van der Waals surface area contributed by atoms with Crippen molar-refractivity contribution >= 4 is 18.0 Å². The van der Waals surface area contributed by atoms with Crippen LogP contribution in [0.25, 0.3) is 0 Å². The van der Waals surface area contributed by atoms with Gasteiger partial charge >= 0.3 is 12.1 Å². The molecule has 0 spiro atoms. The molecule has 2 amide bonds. The summed E-state index contributed by atoms with van der Waals surface area (Å²) in [4.78, 5) is 36.4. The van der Waals surface area contributed by atoms with Gasteiger partial charge in [-0.1, -0.05) is 40.0 Å². The Morgan fingerprint density at radius 3 is 2.57 bits per heavy atom. The number of ether oxygens (including phenoxy) is 1. The van der Waals surface area contributed by atoms with E-state index in [1.807, 2.05) is 20.8 Å². The molecule has 1 fully saturated rings. The lowest BCUT2D eigenvalue weighted by molar-refractivity contribution is -0.144. The molecule has 1 unspecified atom stereocenters. The lowest BCUT2D eigenvalue weighted by atomic mass is 9.94. The number of aliphatic carboxylic acids is 1. The van der Waals surface area contributed by atoms with E-state index >= 15 is 0 Å². The van der Waals surface area contributed by atoms with Crippen LogP contribution in [0.4, 0.5) is 4.79 Å². The molecule has 6 heteroatoms. The highest BCUT2D eigenvalue weighted by Gasteiger charge is 2.42. The maximum Gasteiger partial charge on any atom is 0.416 e. The zero-order valence-corrected chi connectivity index (χ0v) is 13.0. The summed E-state index contributed by atoms with van der Waals surface area (Å²) in [5.74, 6) is -1.99. The molecule has 0 radical (unpaired) electrons. The van der Waals surface area contributed by atoms with Crippen LogP contribution in [0.1, 0.15) is 52.9 Å². The number of carbonyl (C=O) groups is 3. The zero-order chi connectivity index (χ0) is 16.0. The number of carboxylic acid groups (broad SMARTS) is 1. The van der Waals surface area contributed by atoms with Gasteiger partial charge < -0.3 is 9.84 Å². The third-order valence-corrected chi connectivity index (χ3v) is 3.84. The molecule has 0 aromatic rings. The summed E-state index contributed by atoms with van der Waals surface area (Å²) in [5, 5.41) is 8.99. The van der Waals surface area contributed by atoms with E-state index in [4.69, 9.17) is 9.84 Å². The van der Waals surface area contributed by atoms with E-state index in [2.05, 4.69) is 0 Å². The van der Waals surface area contributed by atoms with Crippen molar-refractivity contribution < 1.29 is 24.2 Å². The van der Waals surface area contributed by atoms with E-state index in [0.717, 1.165) is 24.2 Å². The maximum atomic E-state index is 12.6. The molecule has 0 aliphatic carbocycles. The van der Waals surface area contributed by atoms with E-state index in [0.29, 0.717) is 6.42 Å². The van der Waals surface area contributed by atoms with Crippen LogP contribution in [0.15, 0.2) is 0 Å². The Hall–Kier alpha value is -1.59. The first-order valence-electron chi connectivity index (χ1n) is 7.60. The fourth-order valence-corrected chi connectivity index (χ4v) is 2.54. The van der Waals surface area contributed by atoms with Gasteiger partial charge in [0.05, 0.1) is 12.5 Å². The van der Waals surface area contributed by atoms with Crippen LogP contribution in [0.5, 0.6) is 0 Å². The molecule has 120 valence electrons. The van der Waals surface area contributed by atoms with Gasteiger partial charge in [-0.2, -0.15) is 0 Å². The van der Waals surface area contributed by atoms with Crippen LogP contribution in [0, 0.1) is 11.8 Å². The molecule has 1 heterocycles. The van der Waals surface area contributed by atoms with Crippen molar-refractivity contribution in [3.8, 4) is 0 Å². The molecule has 0 aromatic carbocycles. The maximum absolute atomic E-state index is 12.6. The normalized spacial score (nSPS) is 19.7. The number of rotatable bonds is 8. The van der Waals surface area contributed by atoms with Crippen LogP contribution in [0.2, 0.25) is 0 Å². The number of carbonyl (C=O) groups excluding carboxylic acids is 2. The van der Waals surface area contributed by atoms with Crippen molar-refractivity contribution in [3.05, 3.63) is 0 Å². The number of hydrogen-bond acceptors (Lipinski definition) is 4. The third-order valence-electron chi connectivity index (χ3n) is 3.84. The molecule has 1 aliphatic rings. The number of nitrogens with zero attached hydrogens (tertiary/aromatic N) is 1. The summed E-state index contributed by atoms with van der Waals surface area (Å²) in [5.41, 5.74) is 0. The molecular formula is C15H25NO5. The Balaban J connectivity index is 2.81. The van der Waals surface area contributed by atoms with Gasteiger partial charge in [-0.25, -0.2) is 9.69 Å². The average molecular weight is 299 g/mol. The van der Waals surface area contributed by atoms with Crippen molar-refractivity contribution in [2.24, 2.45) is 11.8 Å². The Kier molecular flexibility index (Phi) is 6.65. The third kappa shape index (κ3) is 4.72. The van der Waals surface area contributed by atoms with E-state index in [9.17, 15) is 14.4 Å². The van der Waals surface area contributed by atoms with Crippen LogP contribution >= 0.6 is 0 Å². The molecular weight excluding hydrogens is 274 g/mol. The summed E-state index contributed by atoms with van der Waals surface area (Å²) in [6.07, 6.45) is 2.33. The molecule has 0 bridgehead atoms. The second-order valence-electron chi connectivity index (χ2n) is 5.89. The second kappa shape index (κ2) is 8.00. The highest BCUT2D eigenvalue weighted by molar-refractivity contribution is 5.96. The first-order valence-corrected chi connectivity index (χ1v) is 7.60. The van der Waals surface area contributed by atoms with E-state index in [1.54, 1.807) is 0 Å². The molecule has 1 aliphatic heterocycles. The van der Waals surface area contributed by atoms with Gasteiger partial charge in [0, 0.05) is 5.92 Å². The predicted octanol–water partition coefficient (Wildman–Crippen LogP) is 2.66. The summed E-state index contributed by atoms with van der Waals surface area (Å²) in [6, 6.07) is -0.299. The van der Waals surface area contributed by atoms with Crippen LogP contribution in [-0.2, 0) is 14.3 Å². The predicted molar refractivity (Wildman–Crippen MR) is 76.7 cm³/mol. The van der Waals surface area contributed by atoms with Gasteiger partial charge in [-0.15, -0.1) is 0 Å². The Labute approximate surface area is 125 Å². The number of hydrogen-bond donors (Lipinski definition) is 1. The van der Waals surface area contributed by atoms with E-state index in [-0.39, 0.29) is 25.0 Å². The minimum atomic E-state index is -1.02. The molecule has 6 nitrogen and oxygen atoms in total. The molecule has 0 saturated carbocycles. The van der Waals surface area contributed by atoms with Gasteiger partial charge in [0.1, 0.15) is 6.61 Å². The molecule has 21 heavy (non-hydrogen) atoms. The monoisotopic (exact) mass is 299 g/mol. The summed E-state index contributed by atoms with van der Waals surface area (Å²) >= 11 is 0. The average Bonchev–Trinajstić information content (AvgIpc) is 2.78. The number of unbranched alkanes of at least 4 members (excludes halogenated alkanes) is 2. The van der Waals surface area contributed by atoms with Gasteiger partial charge in [-0.05, 0) is 12.3 Å². The standard InChI is InChI=1S/C15H25NO5/c1-4-5-6-7-11(8-13(17)18)14(19)16-12(10(2)3)9-21-15(16)20/h10-12H,4-9H2,1-3H3,(H,17,18)/t11?,12-/m1/s1. The van der Waals surface area contributed by atoms with Crippen LogP contribution in [0.3, 0.4) is 0 Å². The number of amides is 2. The zero-order valence-electron chi connectivity index (χ0n) is 13.0. The van der Waals surface area contributed by atoms with Crippen molar-refractivity contribution in [3.63, 3.8) is 0 Å². The molecule has 2 atom stereocenters. The van der Waals surface area contributed by atoms with Crippen molar-refractivity contribution in [2.75, 3.05) is 6.61 Å². The summed E-state index contributed by atoms with van der Waals surface area (Å²) in [6.45, 7) is 6.06. The highest BCUT2D eigenvalue weighted by atomic mass is 16.6.